The van der Waals surface area contributed by atoms with Crippen LogP contribution in [0, 0.1) is 6.92 Å². The maximum absolute atomic E-state index is 13.0. The van der Waals surface area contributed by atoms with Crippen LogP contribution in [0.3, 0.4) is 0 Å². The summed E-state index contributed by atoms with van der Waals surface area (Å²) in [6, 6.07) is 0.931. The summed E-state index contributed by atoms with van der Waals surface area (Å²) < 4.78 is 42.0. The summed E-state index contributed by atoms with van der Waals surface area (Å²) in [5, 5.41) is 10.4. The van der Waals surface area contributed by atoms with Gasteiger partial charge in [-0.2, -0.15) is 23.4 Å². The van der Waals surface area contributed by atoms with Crippen molar-refractivity contribution in [1.29, 1.82) is 0 Å². The predicted octanol–water partition coefficient (Wildman–Crippen LogP) is 3.19. The van der Waals surface area contributed by atoms with Crippen LogP contribution in [-0.2, 0) is 20.3 Å². The van der Waals surface area contributed by atoms with E-state index in [0.717, 1.165) is 27.3 Å². The van der Waals surface area contributed by atoms with Gasteiger partial charge in [0.1, 0.15) is 4.83 Å². The molecule has 0 bridgehead atoms. The van der Waals surface area contributed by atoms with Crippen molar-refractivity contribution in [3.8, 4) is 0 Å². The summed E-state index contributed by atoms with van der Waals surface area (Å²) in [5.41, 5.74) is 0.791. The molecule has 3 aromatic rings. The summed E-state index contributed by atoms with van der Waals surface area (Å²) in [7, 11) is 3.22. The van der Waals surface area contributed by atoms with E-state index in [1.54, 1.807) is 24.9 Å². The van der Waals surface area contributed by atoms with E-state index < -0.39 is 17.8 Å². The Balaban J connectivity index is 1.89. The van der Waals surface area contributed by atoms with Crippen LogP contribution < -0.4 is 5.32 Å². The zero-order valence-electron chi connectivity index (χ0n) is 14.0. The monoisotopic (exact) mass is 371 g/mol. The molecular weight excluding hydrogens is 355 g/mol. The first-order valence-corrected chi connectivity index (χ1v) is 8.24. The minimum Gasteiger partial charge on any atom is -0.345 e. The van der Waals surface area contributed by atoms with Crippen LogP contribution >= 0.6 is 11.3 Å². The SMILES string of the molecule is Cc1c(C(C)NC(=O)c2cc3c(C(F)(F)F)nn(C)c3s2)cnn1C. The van der Waals surface area contributed by atoms with Gasteiger partial charge in [-0.25, -0.2) is 0 Å². The number of nitrogens with one attached hydrogen (secondary N) is 1. The first kappa shape index (κ1) is 17.5. The number of thiophene rings is 1. The van der Waals surface area contributed by atoms with Crippen molar-refractivity contribution in [2.75, 3.05) is 0 Å². The molecule has 0 saturated carbocycles. The third-order valence-electron chi connectivity index (χ3n) is 4.09. The summed E-state index contributed by atoms with van der Waals surface area (Å²) in [4.78, 5) is 13.0. The van der Waals surface area contributed by atoms with Gasteiger partial charge in [-0.1, -0.05) is 0 Å². The van der Waals surface area contributed by atoms with E-state index in [1.165, 1.54) is 13.1 Å². The van der Waals surface area contributed by atoms with Crippen LogP contribution in [0.1, 0.15) is 39.6 Å². The molecule has 1 atom stereocenters. The van der Waals surface area contributed by atoms with Crippen LogP contribution in [0.5, 0.6) is 0 Å². The fourth-order valence-electron chi connectivity index (χ4n) is 2.65. The van der Waals surface area contributed by atoms with Gasteiger partial charge in [0.25, 0.3) is 5.91 Å². The lowest BCUT2D eigenvalue weighted by atomic mass is 10.1. The highest BCUT2D eigenvalue weighted by molar-refractivity contribution is 7.20. The second kappa shape index (κ2) is 5.87. The Bertz CT molecular complexity index is 953. The highest BCUT2D eigenvalue weighted by atomic mass is 32.1. The number of nitrogens with zero attached hydrogens (tertiary/aromatic N) is 4. The number of carbonyl (C=O) groups excluding carboxylic acids is 1. The van der Waals surface area contributed by atoms with Crippen LogP contribution in [-0.4, -0.2) is 25.5 Å². The third-order valence-corrected chi connectivity index (χ3v) is 5.29. The number of aryl methyl sites for hydroxylation is 2. The Morgan fingerprint density at radius 1 is 1.32 bits per heavy atom. The molecular formula is C15H16F3N5OS. The fraction of sp³-hybridized carbons (Fsp3) is 0.400. The van der Waals surface area contributed by atoms with Crippen molar-refractivity contribution in [2.24, 2.45) is 14.1 Å². The maximum Gasteiger partial charge on any atom is 0.435 e. The Hall–Kier alpha value is -2.36. The van der Waals surface area contributed by atoms with E-state index in [2.05, 4.69) is 15.5 Å². The molecule has 0 aliphatic heterocycles. The number of aromatic nitrogens is 4. The van der Waals surface area contributed by atoms with Gasteiger partial charge in [-0.05, 0) is 19.9 Å². The molecule has 3 rings (SSSR count). The summed E-state index contributed by atoms with van der Waals surface area (Å²) >= 11 is 0.983. The minimum absolute atomic E-state index is 0.0599. The lowest BCUT2D eigenvalue weighted by Gasteiger charge is -2.13. The highest BCUT2D eigenvalue weighted by Gasteiger charge is 2.37. The lowest BCUT2D eigenvalue weighted by Crippen LogP contribution is -2.26. The normalized spacial score (nSPS) is 13.4. The molecule has 0 aromatic carbocycles. The first-order valence-electron chi connectivity index (χ1n) is 7.42. The van der Waals surface area contributed by atoms with Crippen LogP contribution in [0.15, 0.2) is 12.3 Å². The van der Waals surface area contributed by atoms with Crippen molar-refractivity contribution in [3.05, 3.63) is 34.1 Å². The summed E-state index contributed by atoms with van der Waals surface area (Å²) in [5.74, 6) is -0.426. The van der Waals surface area contributed by atoms with Gasteiger partial charge in [-0.3, -0.25) is 14.2 Å². The number of carbonyl (C=O) groups is 1. The van der Waals surface area contributed by atoms with Crippen molar-refractivity contribution in [2.45, 2.75) is 26.1 Å². The quantitative estimate of drug-likeness (QED) is 0.769. The zero-order valence-corrected chi connectivity index (χ0v) is 14.8. The number of alkyl halides is 3. The standard InChI is InChI=1S/C15H16F3N5OS/c1-7(10-6-19-22(3)8(10)2)20-13(24)11-5-9-12(15(16,17)18)21-23(4)14(9)25-11/h5-7H,1-4H3,(H,20,24). The molecule has 3 aromatic heterocycles. The second-order valence-electron chi connectivity index (χ2n) is 5.80. The van der Waals surface area contributed by atoms with Gasteiger partial charge in [-0.15, -0.1) is 11.3 Å². The average Bonchev–Trinajstić information content (AvgIpc) is 3.15. The molecule has 10 heteroatoms. The van der Waals surface area contributed by atoms with Gasteiger partial charge in [0.15, 0.2) is 5.69 Å². The van der Waals surface area contributed by atoms with Crippen molar-refractivity contribution < 1.29 is 18.0 Å². The van der Waals surface area contributed by atoms with Gasteiger partial charge in [0.2, 0.25) is 0 Å². The zero-order chi connectivity index (χ0) is 18.5. The van der Waals surface area contributed by atoms with Crippen LogP contribution in [0.4, 0.5) is 13.2 Å². The van der Waals surface area contributed by atoms with E-state index >= 15 is 0 Å². The molecule has 0 radical (unpaired) electrons. The summed E-state index contributed by atoms with van der Waals surface area (Å²) in [6.45, 7) is 3.68. The van der Waals surface area contributed by atoms with Gasteiger partial charge in [0, 0.05) is 30.7 Å². The Kier molecular flexibility index (Phi) is 4.10. The van der Waals surface area contributed by atoms with Crippen LogP contribution in [0.25, 0.3) is 10.2 Å². The smallest absolute Gasteiger partial charge is 0.345 e. The Morgan fingerprint density at radius 3 is 2.56 bits per heavy atom. The van der Waals surface area contributed by atoms with Crippen molar-refractivity contribution >= 4 is 27.5 Å². The average molecular weight is 371 g/mol. The maximum atomic E-state index is 13.0. The number of hydrogen-bond acceptors (Lipinski definition) is 4. The molecule has 3 heterocycles. The molecule has 0 spiro atoms. The van der Waals surface area contributed by atoms with E-state index in [0.29, 0.717) is 4.83 Å². The molecule has 0 fully saturated rings. The highest BCUT2D eigenvalue weighted by Crippen LogP contribution is 2.37. The fourth-order valence-corrected chi connectivity index (χ4v) is 3.62. The largest absolute Gasteiger partial charge is 0.435 e. The number of halogens is 3. The van der Waals surface area contributed by atoms with Gasteiger partial charge < -0.3 is 5.32 Å². The van der Waals surface area contributed by atoms with Gasteiger partial charge >= 0.3 is 6.18 Å². The van der Waals surface area contributed by atoms with E-state index in [4.69, 9.17) is 0 Å². The van der Waals surface area contributed by atoms with E-state index in [-0.39, 0.29) is 16.3 Å². The number of rotatable bonds is 3. The van der Waals surface area contributed by atoms with E-state index in [1.807, 2.05) is 6.92 Å². The molecule has 25 heavy (non-hydrogen) atoms. The van der Waals surface area contributed by atoms with E-state index in [9.17, 15) is 18.0 Å². The molecule has 6 nitrogen and oxygen atoms in total. The number of hydrogen-bond donors (Lipinski definition) is 1. The topological polar surface area (TPSA) is 64.7 Å². The molecule has 0 saturated heterocycles. The van der Waals surface area contributed by atoms with Crippen molar-refractivity contribution in [1.82, 2.24) is 24.9 Å². The Labute approximate surface area is 145 Å². The van der Waals surface area contributed by atoms with Gasteiger partial charge in [0.05, 0.1) is 17.1 Å². The number of fused-ring (bicyclic) bond motifs is 1. The Morgan fingerprint density at radius 2 is 2.00 bits per heavy atom. The summed E-state index contributed by atoms with van der Waals surface area (Å²) in [6.07, 6.45) is -2.90. The minimum atomic E-state index is -4.56. The third kappa shape index (κ3) is 3.01. The molecule has 0 aliphatic rings. The molecule has 1 N–H and O–H groups in total. The van der Waals surface area contributed by atoms with Crippen molar-refractivity contribution in [3.63, 3.8) is 0 Å². The lowest BCUT2D eigenvalue weighted by molar-refractivity contribution is -0.140. The molecule has 134 valence electrons. The predicted molar refractivity (Wildman–Crippen MR) is 87.4 cm³/mol. The second-order valence-corrected chi connectivity index (χ2v) is 6.83. The first-order chi connectivity index (χ1) is 11.6. The molecule has 1 amide bonds. The number of amides is 1. The molecule has 1 unspecified atom stereocenters. The van der Waals surface area contributed by atoms with Crippen LogP contribution in [0.2, 0.25) is 0 Å². The molecule has 0 aliphatic carbocycles.